The first-order valence-electron chi connectivity index (χ1n) is 5.51. The molecule has 0 amide bonds. The molecule has 1 N–H and O–H groups in total. The Bertz CT molecular complexity index is 290. The molecule has 1 aromatic rings. The van der Waals surface area contributed by atoms with Crippen LogP contribution in [-0.2, 0) is 0 Å². The zero-order valence-electron chi connectivity index (χ0n) is 8.79. The van der Waals surface area contributed by atoms with Crippen molar-refractivity contribution in [1.29, 1.82) is 0 Å². The Hall–Kier alpha value is -1.05. The summed E-state index contributed by atoms with van der Waals surface area (Å²) in [5.41, 5.74) is 1.27. The molecule has 0 unspecified atom stereocenters. The SMILES string of the molecule is Cc1ccnc(NCC2CCCC2)c1. The highest BCUT2D eigenvalue weighted by atomic mass is 15.0. The standard InChI is InChI=1S/C12H18N2/c1-10-6-7-13-12(8-10)14-9-11-4-2-3-5-11/h6-8,11H,2-5,9H2,1H3,(H,13,14). The first-order chi connectivity index (χ1) is 6.84. The van der Waals surface area contributed by atoms with Gasteiger partial charge in [-0.05, 0) is 43.4 Å². The molecule has 1 aliphatic carbocycles. The van der Waals surface area contributed by atoms with Crippen molar-refractivity contribution in [3.8, 4) is 0 Å². The molecule has 0 saturated heterocycles. The van der Waals surface area contributed by atoms with E-state index in [-0.39, 0.29) is 0 Å². The van der Waals surface area contributed by atoms with Crippen LogP contribution in [0.4, 0.5) is 5.82 Å². The molecule has 14 heavy (non-hydrogen) atoms. The van der Waals surface area contributed by atoms with Crippen LogP contribution in [0.3, 0.4) is 0 Å². The molecule has 1 aromatic heterocycles. The highest BCUT2D eigenvalue weighted by molar-refractivity contribution is 5.36. The molecule has 0 spiro atoms. The maximum absolute atomic E-state index is 4.29. The van der Waals surface area contributed by atoms with E-state index in [1.807, 2.05) is 12.3 Å². The molecular formula is C12H18N2. The molecule has 2 rings (SSSR count). The lowest BCUT2D eigenvalue weighted by Crippen LogP contribution is -2.11. The summed E-state index contributed by atoms with van der Waals surface area (Å²) in [7, 11) is 0. The maximum Gasteiger partial charge on any atom is 0.126 e. The third kappa shape index (κ3) is 2.47. The van der Waals surface area contributed by atoms with Crippen molar-refractivity contribution in [3.05, 3.63) is 23.9 Å². The lowest BCUT2D eigenvalue weighted by Gasteiger charge is -2.10. The van der Waals surface area contributed by atoms with Crippen molar-refractivity contribution in [2.24, 2.45) is 5.92 Å². The molecule has 0 aromatic carbocycles. The molecule has 0 aliphatic heterocycles. The minimum absolute atomic E-state index is 0.873. The van der Waals surface area contributed by atoms with Gasteiger partial charge in [-0.3, -0.25) is 0 Å². The van der Waals surface area contributed by atoms with E-state index in [2.05, 4.69) is 23.3 Å². The highest BCUT2D eigenvalue weighted by Crippen LogP contribution is 2.24. The summed E-state index contributed by atoms with van der Waals surface area (Å²) < 4.78 is 0. The van der Waals surface area contributed by atoms with E-state index in [9.17, 15) is 0 Å². The molecule has 1 heterocycles. The van der Waals surface area contributed by atoms with Crippen molar-refractivity contribution in [1.82, 2.24) is 4.98 Å². The minimum Gasteiger partial charge on any atom is -0.370 e. The van der Waals surface area contributed by atoms with Crippen molar-refractivity contribution in [2.45, 2.75) is 32.6 Å². The van der Waals surface area contributed by atoms with Crippen molar-refractivity contribution < 1.29 is 0 Å². The first kappa shape index (κ1) is 9.50. The topological polar surface area (TPSA) is 24.9 Å². The fraction of sp³-hybridized carbons (Fsp3) is 0.583. The van der Waals surface area contributed by atoms with Crippen LogP contribution in [-0.4, -0.2) is 11.5 Å². The Morgan fingerprint density at radius 3 is 2.93 bits per heavy atom. The van der Waals surface area contributed by atoms with E-state index in [0.717, 1.165) is 18.3 Å². The number of rotatable bonds is 3. The van der Waals surface area contributed by atoms with E-state index < -0.39 is 0 Å². The van der Waals surface area contributed by atoms with E-state index in [4.69, 9.17) is 0 Å². The van der Waals surface area contributed by atoms with E-state index in [1.54, 1.807) is 0 Å². The molecule has 2 nitrogen and oxygen atoms in total. The van der Waals surface area contributed by atoms with Crippen molar-refractivity contribution >= 4 is 5.82 Å². The molecule has 1 saturated carbocycles. The van der Waals surface area contributed by atoms with Crippen LogP contribution >= 0.6 is 0 Å². The molecule has 0 radical (unpaired) electrons. The summed E-state index contributed by atoms with van der Waals surface area (Å²) in [6, 6.07) is 4.13. The van der Waals surface area contributed by atoms with E-state index >= 15 is 0 Å². The minimum atomic E-state index is 0.873. The Kier molecular flexibility index (Phi) is 3.02. The molecule has 2 heteroatoms. The number of hydrogen-bond donors (Lipinski definition) is 1. The maximum atomic E-state index is 4.29. The molecule has 76 valence electrons. The van der Waals surface area contributed by atoms with Gasteiger partial charge in [0.05, 0.1) is 0 Å². The smallest absolute Gasteiger partial charge is 0.126 e. The predicted octanol–water partition coefficient (Wildman–Crippen LogP) is 2.99. The van der Waals surface area contributed by atoms with Crippen molar-refractivity contribution in [3.63, 3.8) is 0 Å². The van der Waals surface area contributed by atoms with E-state index in [1.165, 1.54) is 31.2 Å². The quantitative estimate of drug-likeness (QED) is 0.792. The van der Waals surface area contributed by atoms with Gasteiger partial charge >= 0.3 is 0 Å². The third-order valence-electron chi connectivity index (χ3n) is 2.96. The van der Waals surface area contributed by atoms with Crippen molar-refractivity contribution in [2.75, 3.05) is 11.9 Å². The van der Waals surface area contributed by atoms with Gasteiger partial charge in [0, 0.05) is 12.7 Å². The normalized spacial score (nSPS) is 17.2. The van der Waals surface area contributed by atoms with Crippen LogP contribution < -0.4 is 5.32 Å². The fourth-order valence-electron chi connectivity index (χ4n) is 2.10. The van der Waals surface area contributed by atoms with Gasteiger partial charge in [0.25, 0.3) is 0 Å². The highest BCUT2D eigenvalue weighted by Gasteiger charge is 2.14. The van der Waals surface area contributed by atoms with Gasteiger partial charge in [-0.25, -0.2) is 4.98 Å². The summed E-state index contributed by atoms with van der Waals surface area (Å²) in [4.78, 5) is 4.29. The average Bonchev–Trinajstić information content (AvgIpc) is 2.67. The number of hydrogen-bond acceptors (Lipinski definition) is 2. The summed E-state index contributed by atoms with van der Waals surface area (Å²) in [5, 5.41) is 3.42. The summed E-state index contributed by atoms with van der Waals surface area (Å²) in [6.07, 6.45) is 7.46. The second-order valence-electron chi connectivity index (χ2n) is 4.25. The molecular weight excluding hydrogens is 172 g/mol. The number of nitrogens with one attached hydrogen (secondary N) is 1. The second-order valence-corrected chi connectivity index (χ2v) is 4.25. The van der Waals surface area contributed by atoms with Gasteiger partial charge in [-0.15, -0.1) is 0 Å². The molecule has 0 bridgehead atoms. The van der Waals surface area contributed by atoms with Gasteiger partial charge < -0.3 is 5.32 Å². The summed E-state index contributed by atoms with van der Waals surface area (Å²) in [6.45, 7) is 3.19. The Labute approximate surface area is 85.7 Å². The van der Waals surface area contributed by atoms with Crippen LogP contribution in [0.5, 0.6) is 0 Å². The van der Waals surface area contributed by atoms with Gasteiger partial charge in [0.15, 0.2) is 0 Å². The molecule has 1 fully saturated rings. The van der Waals surface area contributed by atoms with Gasteiger partial charge in [0.1, 0.15) is 5.82 Å². The summed E-state index contributed by atoms with van der Waals surface area (Å²) in [5.74, 6) is 1.90. The van der Waals surface area contributed by atoms with E-state index in [0.29, 0.717) is 0 Å². The Morgan fingerprint density at radius 2 is 2.21 bits per heavy atom. The Morgan fingerprint density at radius 1 is 1.43 bits per heavy atom. The fourth-order valence-corrected chi connectivity index (χ4v) is 2.10. The van der Waals surface area contributed by atoms with Crippen LogP contribution in [0.25, 0.3) is 0 Å². The monoisotopic (exact) mass is 190 g/mol. The van der Waals surface area contributed by atoms with Gasteiger partial charge in [-0.2, -0.15) is 0 Å². The number of aromatic nitrogens is 1. The Balaban J connectivity index is 1.85. The number of nitrogens with zero attached hydrogens (tertiary/aromatic N) is 1. The average molecular weight is 190 g/mol. The van der Waals surface area contributed by atoms with Crippen LogP contribution in [0.1, 0.15) is 31.2 Å². The lowest BCUT2D eigenvalue weighted by molar-refractivity contribution is 0.579. The van der Waals surface area contributed by atoms with Crippen LogP contribution in [0.2, 0.25) is 0 Å². The zero-order chi connectivity index (χ0) is 9.80. The summed E-state index contributed by atoms with van der Waals surface area (Å²) >= 11 is 0. The molecule has 0 atom stereocenters. The first-order valence-corrected chi connectivity index (χ1v) is 5.51. The largest absolute Gasteiger partial charge is 0.370 e. The third-order valence-corrected chi connectivity index (χ3v) is 2.96. The van der Waals surface area contributed by atoms with Gasteiger partial charge in [0.2, 0.25) is 0 Å². The number of anilines is 1. The zero-order valence-corrected chi connectivity index (χ0v) is 8.79. The van der Waals surface area contributed by atoms with Crippen LogP contribution in [0, 0.1) is 12.8 Å². The second kappa shape index (κ2) is 4.45. The lowest BCUT2D eigenvalue weighted by atomic mass is 10.1. The number of pyridine rings is 1. The molecule has 1 aliphatic rings. The number of aryl methyl sites for hydroxylation is 1. The van der Waals surface area contributed by atoms with Gasteiger partial charge in [-0.1, -0.05) is 12.8 Å². The van der Waals surface area contributed by atoms with Crippen LogP contribution in [0.15, 0.2) is 18.3 Å². The predicted molar refractivity (Wildman–Crippen MR) is 59.4 cm³/mol.